The van der Waals surface area contributed by atoms with Crippen LogP contribution in [-0.2, 0) is 6.54 Å². The molecule has 2 rings (SSSR count). The van der Waals surface area contributed by atoms with Gasteiger partial charge in [-0.05, 0) is 43.2 Å². The summed E-state index contributed by atoms with van der Waals surface area (Å²) in [6, 6.07) is 12.8. The minimum atomic E-state index is 0.319. The molecule has 0 amide bonds. The van der Waals surface area contributed by atoms with Gasteiger partial charge in [0.1, 0.15) is 0 Å². The molecule has 0 aliphatic carbocycles. The largest absolute Gasteiger partial charge is 0.305 e. The molecule has 0 saturated heterocycles. The lowest BCUT2D eigenvalue weighted by molar-refractivity contribution is 0.566. The first-order valence-corrected chi connectivity index (χ1v) is 6.85. The molecule has 0 bridgehead atoms. The fourth-order valence-corrected chi connectivity index (χ4v) is 2.09. The predicted molar refractivity (Wildman–Crippen MR) is 78.4 cm³/mol. The van der Waals surface area contributed by atoms with E-state index in [1.54, 1.807) is 0 Å². The van der Waals surface area contributed by atoms with Gasteiger partial charge < -0.3 is 5.32 Å². The van der Waals surface area contributed by atoms with E-state index in [1.165, 1.54) is 11.1 Å². The fourth-order valence-electron chi connectivity index (χ4n) is 1.82. The number of pyridine rings is 1. The number of benzene rings is 1. The van der Waals surface area contributed by atoms with E-state index in [-0.39, 0.29) is 0 Å². The lowest BCUT2D eigenvalue weighted by Crippen LogP contribution is -2.19. The molecule has 0 saturated carbocycles. The highest BCUT2D eigenvalue weighted by Crippen LogP contribution is 2.17. The van der Waals surface area contributed by atoms with Gasteiger partial charge in [0, 0.05) is 23.3 Å². The lowest BCUT2D eigenvalue weighted by atomic mass is 10.1. The zero-order valence-corrected chi connectivity index (χ0v) is 12.2. The number of halogens is 1. The summed E-state index contributed by atoms with van der Waals surface area (Å²) in [4.78, 5) is 4.39. The van der Waals surface area contributed by atoms with Gasteiger partial charge in [0.2, 0.25) is 0 Å². The van der Waals surface area contributed by atoms with Crippen LogP contribution in [0, 0.1) is 6.92 Å². The van der Waals surface area contributed by atoms with Gasteiger partial charge in [-0.15, -0.1) is 0 Å². The standard InChI is InChI=1S/C15H17BrN2/c1-11-4-3-9-17-15(11)10-18-12(2)13-5-7-14(16)8-6-13/h3-9,12,18H,10H2,1-2H3/t12-/m0/s1. The number of hydrogen-bond donors (Lipinski definition) is 1. The third-order valence-electron chi connectivity index (χ3n) is 3.06. The van der Waals surface area contributed by atoms with Crippen LogP contribution in [0.1, 0.15) is 29.8 Å². The summed E-state index contributed by atoms with van der Waals surface area (Å²) in [6.07, 6.45) is 1.84. The highest BCUT2D eigenvalue weighted by molar-refractivity contribution is 9.10. The minimum absolute atomic E-state index is 0.319. The predicted octanol–water partition coefficient (Wildman–Crippen LogP) is 4.00. The Balaban J connectivity index is 1.98. The SMILES string of the molecule is Cc1cccnc1CN[C@@H](C)c1ccc(Br)cc1. The molecule has 2 nitrogen and oxygen atoms in total. The zero-order valence-electron chi connectivity index (χ0n) is 10.7. The lowest BCUT2D eigenvalue weighted by Gasteiger charge is -2.14. The molecule has 0 aliphatic rings. The van der Waals surface area contributed by atoms with Crippen molar-refractivity contribution >= 4 is 15.9 Å². The normalized spacial score (nSPS) is 12.4. The van der Waals surface area contributed by atoms with Crippen LogP contribution in [0.4, 0.5) is 0 Å². The van der Waals surface area contributed by atoms with Crippen LogP contribution in [0.3, 0.4) is 0 Å². The van der Waals surface area contributed by atoms with E-state index in [0.29, 0.717) is 6.04 Å². The third kappa shape index (κ3) is 3.40. The number of aromatic nitrogens is 1. The summed E-state index contributed by atoms with van der Waals surface area (Å²) in [5.74, 6) is 0. The summed E-state index contributed by atoms with van der Waals surface area (Å²) in [5.41, 5.74) is 3.63. The second kappa shape index (κ2) is 6.12. The summed E-state index contributed by atoms with van der Waals surface area (Å²) in [7, 11) is 0. The molecule has 0 radical (unpaired) electrons. The maximum Gasteiger partial charge on any atom is 0.0570 e. The van der Waals surface area contributed by atoms with Crippen LogP contribution in [0.25, 0.3) is 0 Å². The van der Waals surface area contributed by atoms with E-state index in [4.69, 9.17) is 0 Å². The van der Waals surface area contributed by atoms with Crippen LogP contribution in [0.2, 0.25) is 0 Å². The first kappa shape index (κ1) is 13.2. The highest BCUT2D eigenvalue weighted by Gasteiger charge is 2.06. The van der Waals surface area contributed by atoms with Gasteiger partial charge in [0.25, 0.3) is 0 Å². The highest BCUT2D eigenvalue weighted by atomic mass is 79.9. The van der Waals surface area contributed by atoms with E-state index >= 15 is 0 Å². The molecule has 1 aromatic carbocycles. The quantitative estimate of drug-likeness (QED) is 0.923. The summed E-state index contributed by atoms with van der Waals surface area (Å²) in [6.45, 7) is 5.06. The first-order chi connectivity index (χ1) is 8.66. The summed E-state index contributed by atoms with van der Waals surface area (Å²) < 4.78 is 1.11. The van der Waals surface area contributed by atoms with Gasteiger partial charge in [-0.1, -0.05) is 34.1 Å². The van der Waals surface area contributed by atoms with Crippen LogP contribution >= 0.6 is 15.9 Å². The van der Waals surface area contributed by atoms with Crippen molar-refractivity contribution in [2.45, 2.75) is 26.4 Å². The van der Waals surface area contributed by atoms with Gasteiger partial charge >= 0.3 is 0 Å². The van der Waals surface area contributed by atoms with E-state index in [9.17, 15) is 0 Å². The zero-order chi connectivity index (χ0) is 13.0. The molecule has 0 spiro atoms. The monoisotopic (exact) mass is 304 g/mol. The van der Waals surface area contributed by atoms with Gasteiger partial charge in [0.05, 0.1) is 5.69 Å². The third-order valence-corrected chi connectivity index (χ3v) is 3.59. The molecule has 0 fully saturated rings. The number of nitrogens with zero attached hydrogens (tertiary/aromatic N) is 1. The molecule has 1 aromatic heterocycles. The molecule has 3 heteroatoms. The summed E-state index contributed by atoms with van der Waals surface area (Å²) in [5, 5.41) is 3.50. The smallest absolute Gasteiger partial charge is 0.0570 e. The Morgan fingerprint density at radius 1 is 1.22 bits per heavy atom. The van der Waals surface area contributed by atoms with Gasteiger partial charge in [0.15, 0.2) is 0 Å². The number of nitrogens with one attached hydrogen (secondary N) is 1. The van der Waals surface area contributed by atoms with Crippen LogP contribution < -0.4 is 5.32 Å². The Kier molecular flexibility index (Phi) is 4.50. The van der Waals surface area contributed by atoms with Gasteiger partial charge in [-0.3, -0.25) is 4.98 Å². The number of aryl methyl sites for hydroxylation is 1. The van der Waals surface area contributed by atoms with Crippen molar-refractivity contribution in [3.63, 3.8) is 0 Å². The number of hydrogen-bond acceptors (Lipinski definition) is 2. The molecular formula is C15H17BrN2. The minimum Gasteiger partial charge on any atom is -0.305 e. The first-order valence-electron chi connectivity index (χ1n) is 6.06. The Hall–Kier alpha value is -1.19. The Morgan fingerprint density at radius 2 is 1.94 bits per heavy atom. The van der Waals surface area contributed by atoms with Crippen molar-refractivity contribution in [3.8, 4) is 0 Å². The van der Waals surface area contributed by atoms with Gasteiger partial charge in [-0.2, -0.15) is 0 Å². The molecule has 18 heavy (non-hydrogen) atoms. The van der Waals surface area contributed by atoms with Crippen molar-refractivity contribution in [3.05, 3.63) is 63.9 Å². The van der Waals surface area contributed by atoms with Gasteiger partial charge in [-0.25, -0.2) is 0 Å². The molecule has 94 valence electrons. The van der Waals surface area contributed by atoms with Crippen LogP contribution in [0.15, 0.2) is 47.1 Å². The molecule has 1 N–H and O–H groups in total. The van der Waals surface area contributed by atoms with Crippen molar-refractivity contribution < 1.29 is 0 Å². The molecule has 0 aliphatic heterocycles. The summed E-state index contributed by atoms with van der Waals surface area (Å²) >= 11 is 3.45. The van der Waals surface area contributed by atoms with Crippen molar-refractivity contribution in [2.75, 3.05) is 0 Å². The average molecular weight is 305 g/mol. The van der Waals surface area contributed by atoms with Crippen LogP contribution in [-0.4, -0.2) is 4.98 Å². The Morgan fingerprint density at radius 3 is 2.61 bits per heavy atom. The van der Waals surface area contributed by atoms with Crippen molar-refractivity contribution in [2.24, 2.45) is 0 Å². The average Bonchev–Trinajstić information content (AvgIpc) is 2.38. The molecule has 1 heterocycles. The van der Waals surface area contributed by atoms with Crippen molar-refractivity contribution in [1.82, 2.24) is 10.3 Å². The maximum atomic E-state index is 4.39. The van der Waals surface area contributed by atoms with Crippen molar-refractivity contribution in [1.29, 1.82) is 0 Å². The molecule has 1 atom stereocenters. The van der Waals surface area contributed by atoms with E-state index in [0.717, 1.165) is 16.7 Å². The topological polar surface area (TPSA) is 24.9 Å². The van der Waals surface area contributed by atoms with E-state index in [1.807, 2.05) is 12.3 Å². The number of rotatable bonds is 4. The fraction of sp³-hybridized carbons (Fsp3) is 0.267. The molecular weight excluding hydrogens is 288 g/mol. The second-order valence-electron chi connectivity index (χ2n) is 4.42. The Bertz CT molecular complexity index is 508. The molecule has 0 unspecified atom stereocenters. The van der Waals surface area contributed by atoms with E-state index in [2.05, 4.69) is 70.4 Å². The maximum absolute atomic E-state index is 4.39. The second-order valence-corrected chi connectivity index (χ2v) is 5.34. The molecule has 2 aromatic rings. The van der Waals surface area contributed by atoms with E-state index < -0.39 is 0 Å². The van der Waals surface area contributed by atoms with Crippen LogP contribution in [0.5, 0.6) is 0 Å². The Labute approximate surface area is 117 Å².